The number of carbonyl (C=O) groups is 1. The molecule has 0 unspecified atom stereocenters. The highest BCUT2D eigenvalue weighted by molar-refractivity contribution is 5.81. The summed E-state index contributed by atoms with van der Waals surface area (Å²) in [6.07, 6.45) is 10.1. The number of unbranched alkanes of at least 4 members (excludes halogenated alkanes) is 5. The van der Waals surface area contributed by atoms with Crippen LogP contribution in [-0.4, -0.2) is 28.7 Å². The lowest BCUT2D eigenvalue weighted by atomic mass is 9.87. The molecule has 19 heavy (non-hydrogen) atoms. The zero-order chi connectivity index (χ0) is 13.7. The quantitative estimate of drug-likeness (QED) is 0.665. The van der Waals surface area contributed by atoms with Gasteiger partial charge in [-0.1, -0.05) is 32.1 Å². The number of carbonyl (C=O) groups excluding carboxylic acids is 1. The van der Waals surface area contributed by atoms with Gasteiger partial charge in [-0.3, -0.25) is 4.79 Å². The Hall–Kier alpha value is -0.410. The minimum absolute atomic E-state index is 0.155. The molecule has 0 heterocycles. The fourth-order valence-electron chi connectivity index (χ4n) is 4.09. The third-order valence-electron chi connectivity index (χ3n) is 5.09. The van der Waals surface area contributed by atoms with Crippen LogP contribution in [0.4, 0.5) is 0 Å². The number of hydrogen-bond donors (Lipinski definition) is 2. The Balaban J connectivity index is 1.61. The van der Waals surface area contributed by atoms with Gasteiger partial charge in [0.15, 0.2) is 0 Å². The zero-order valence-corrected chi connectivity index (χ0v) is 11.9. The maximum absolute atomic E-state index is 11.5. The monoisotopic (exact) mass is 268 g/mol. The first-order chi connectivity index (χ1) is 9.22. The smallest absolute Gasteiger partial charge is 0.133 e. The van der Waals surface area contributed by atoms with Crippen molar-refractivity contribution < 1.29 is 15.0 Å². The van der Waals surface area contributed by atoms with Gasteiger partial charge in [-0.25, -0.2) is 0 Å². The predicted molar refractivity (Wildman–Crippen MR) is 74.7 cm³/mol. The second-order valence-corrected chi connectivity index (χ2v) is 6.47. The Labute approximate surface area is 116 Å². The molecule has 3 nitrogen and oxygen atoms in total. The van der Waals surface area contributed by atoms with Gasteiger partial charge < -0.3 is 10.2 Å². The van der Waals surface area contributed by atoms with Crippen molar-refractivity contribution in [2.75, 3.05) is 6.61 Å². The van der Waals surface area contributed by atoms with E-state index < -0.39 is 0 Å². The molecule has 0 aliphatic heterocycles. The SMILES string of the molecule is O=C1C[C@H]2C[C@@H](O)[C@H](CCCCCCCCO)[C@H]2C1. The molecule has 4 atom stereocenters. The van der Waals surface area contributed by atoms with E-state index >= 15 is 0 Å². The van der Waals surface area contributed by atoms with Crippen LogP contribution in [0, 0.1) is 17.8 Å². The van der Waals surface area contributed by atoms with Crippen LogP contribution in [0.15, 0.2) is 0 Å². The second-order valence-electron chi connectivity index (χ2n) is 6.47. The highest BCUT2D eigenvalue weighted by Crippen LogP contribution is 2.48. The lowest BCUT2D eigenvalue weighted by molar-refractivity contribution is -0.118. The van der Waals surface area contributed by atoms with Crippen molar-refractivity contribution in [1.82, 2.24) is 0 Å². The molecule has 2 N–H and O–H groups in total. The molecule has 2 aliphatic rings. The van der Waals surface area contributed by atoms with Crippen LogP contribution in [-0.2, 0) is 4.79 Å². The maximum atomic E-state index is 11.5. The molecule has 3 heteroatoms. The summed E-state index contributed by atoms with van der Waals surface area (Å²) in [4.78, 5) is 11.5. The maximum Gasteiger partial charge on any atom is 0.133 e. The number of ketones is 1. The van der Waals surface area contributed by atoms with Crippen molar-refractivity contribution in [1.29, 1.82) is 0 Å². The van der Waals surface area contributed by atoms with Crippen molar-refractivity contribution in [2.24, 2.45) is 17.8 Å². The second kappa shape index (κ2) is 7.39. The van der Waals surface area contributed by atoms with E-state index in [1.165, 1.54) is 25.7 Å². The van der Waals surface area contributed by atoms with Gasteiger partial charge in [-0.15, -0.1) is 0 Å². The van der Waals surface area contributed by atoms with Crippen molar-refractivity contribution >= 4 is 5.78 Å². The zero-order valence-electron chi connectivity index (χ0n) is 11.9. The van der Waals surface area contributed by atoms with Crippen molar-refractivity contribution in [3.63, 3.8) is 0 Å². The van der Waals surface area contributed by atoms with E-state index in [1.807, 2.05) is 0 Å². The Kier molecular flexibility index (Phi) is 5.83. The molecule has 2 rings (SSSR count). The van der Waals surface area contributed by atoms with E-state index in [-0.39, 0.29) is 6.10 Å². The molecular formula is C16H28O3. The van der Waals surface area contributed by atoms with Gasteiger partial charge in [0, 0.05) is 19.4 Å². The first-order valence-electron chi connectivity index (χ1n) is 8.03. The molecule has 110 valence electrons. The standard InChI is InChI=1S/C16H28O3/c17-8-6-4-2-1-3-5-7-14-15-11-13(18)9-12(15)10-16(14)19/h12,14-17,19H,1-11H2/t12-,14+,15-,16+/m0/s1. The first kappa shape index (κ1) is 15.0. The number of fused-ring (bicyclic) bond motifs is 1. The van der Waals surface area contributed by atoms with E-state index in [0.717, 1.165) is 38.5 Å². The van der Waals surface area contributed by atoms with Crippen LogP contribution in [0.3, 0.4) is 0 Å². The third-order valence-corrected chi connectivity index (χ3v) is 5.09. The lowest BCUT2D eigenvalue weighted by Gasteiger charge is -2.20. The molecular weight excluding hydrogens is 240 g/mol. The Morgan fingerprint density at radius 1 is 1.00 bits per heavy atom. The average molecular weight is 268 g/mol. The van der Waals surface area contributed by atoms with E-state index in [1.54, 1.807) is 0 Å². The minimum atomic E-state index is -0.155. The fraction of sp³-hybridized carbons (Fsp3) is 0.938. The van der Waals surface area contributed by atoms with Crippen molar-refractivity contribution in [3.05, 3.63) is 0 Å². The van der Waals surface area contributed by atoms with Gasteiger partial charge in [0.25, 0.3) is 0 Å². The Bertz CT molecular complexity index is 290. The van der Waals surface area contributed by atoms with Crippen LogP contribution < -0.4 is 0 Å². The van der Waals surface area contributed by atoms with Crippen LogP contribution in [0.2, 0.25) is 0 Å². The summed E-state index contributed by atoms with van der Waals surface area (Å²) in [7, 11) is 0. The number of aliphatic hydroxyl groups excluding tert-OH is 2. The number of Topliss-reactive ketones (excluding diaryl/α,β-unsaturated/α-hetero) is 1. The summed E-state index contributed by atoms with van der Waals surface area (Å²) in [5.74, 6) is 1.76. The van der Waals surface area contributed by atoms with Gasteiger partial charge in [-0.2, -0.15) is 0 Å². The van der Waals surface area contributed by atoms with Crippen molar-refractivity contribution in [3.8, 4) is 0 Å². The number of rotatable bonds is 8. The van der Waals surface area contributed by atoms with E-state index in [0.29, 0.717) is 30.1 Å². The molecule has 0 aromatic heterocycles. The van der Waals surface area contributed by atoms with Crippen LogP contribution in [0.5, 0.6) is 0 Å². The van der Waals surface area contributed by atoms with Crippen LogP contribution >= 0.6 is 0 Å². The summed E-state index contributed by atoms with van der Waals surface area (Å²) in [6.45, 7) is 0.311. The molecule has 0 saturated heterocycles. The summed E-state index contributed by atoms with van der Waals surface area (Å²) >= 11 is 0. The molecule has 0 radical (unpaired) electrons. The van der Waals surface area contributed by atoms with Gasteiger partial charge in [0.2, 0.25) is 0 Å². The molecule has 0 amide bonds. The van der Waals surface area contributed by atoms with Crippen LogP contribution in [0.1, 0.15) is 64.2 Å². The molecule has 0 aromatic carbocycles. The van der Waals surface area contributed by atoms with Gasteiger partial charge in [-0.05, 0) is 37.0 Å². The highest BCUT2D eigenvalue weighted by Gasteiger charge is 2.46. The minimum Gasteiger partial charge on any atom is -0.396 e. The molecule has 2 aliphatic carbocycles. The molecule has 0 aromatic rings. The number of hydrogen-bond acceptors (Lipinski definition) is 3. The van der Waals surface area contributed by atoms with Gasteiger partial charge in [0.1, 0.15) is 5.78 Å². The fourth-order valence-corrected chi connectivity index (χ4v) is 4.09. The normalized spacial score (nSPS) is 33.9. The molecule has 2 saturated carbocycles. The average Bonchev–Trinajstić information content (AvgIpc) is 2.85. The lowest BCUT2D eigenvalue weighted by Crippen LogP contribution is -2.19. The Morgan fingerprint density at radius 2 is 1.68 bits per heavy atom. The summed E-state index contributed by atoms with van der Waals surface area (Å²) in [6, 6.07) is 0. The topological polar surface area (TPSA) is 57.5 Å². The predicted octanol–water partition coefficient (Wildman–Crippen LogP) is 2.69. The van der Waals surface area contributed by atoms with Gasteiger partial charge in [0.05, 0.1) is 6.10 Å². The third kappa shape index (κ3) is 4.03. The van der Waals surface area contributed by atoms with E-state index in [9.17, 15) is 9.90 Å². The summed E-state index contributed by atoms with van der Waals surface area (Å²) in [5, 5.41) is 18.8. The summed E-state index contributed by atoms with van der Waals surface area (Å²) in [5.41, 5.74) is 0. The number of aliphatic hydroxyl groups is 2. The first-order valence-corrected chi connectivity index (χ1v) is 8.03. The molecule has 0 spiro atoms. The van der Waals surface area contributed by atoms with Crippen LogP contribution in [0.25, 0.3) is 0 Å². The van der Waals surface area contributed by atoms with E-state index in [4.69, 9.17) is 5.11 Å². The summed E-state index contributed by atoms with van der Waals surface area (Å²) < 4.78 is 0. The Morgan fingerprint density at radius 3 is 2.42 bits per heavy atom. The molecule has 2 fully saturated rings. The van der Waals surface area contributed by atoms with Crippen molar-refractivity contribution in [2.45, 2.75) is 70.3 Å². The van der Waals surface area contributed by atoms with E-state index in [2.05, 4.69) is 0 Å². The molecule has 0 bridgehead atoms. The largest absolute Gasteiger partial charge is 0.396 e. The highest BCUT2D eigenvalue weighted by atomic mass is 16.3. The van der Waals surface area contributed by atoms with Gasteiger partial charge >= 0.3 is 0 Å².